The Morgan fingerprint density at radius 2 is 1.93 bits per heavy atom. The summed E-state index contributed by atoms with van der Waals surface area (Å²) in [5.74, 6) is 0. The molecule has 1 rings (SSSR count). The maximum atomic E-state index is 5.68. The van der Waals surface area contributed by atoms with Crippen LogP contribution in [0.4, 0.5) is 0 Å². The number of hydrogen-bond acceptors (Lipinski definition) is 3. The molecule has 5 N–H and O–H groups in total. The van der Waals surface area contributed by atoms with Crippen molar-refractivity contribution < 1.29 is 0 Å². The lowest BCUT2D eigenvalue weighted by molar-refractivity contribution is 0.583. The standard InChI is InChI=1S/C11H18BrN3/c12-10-3-1-9(2-4-10)5-6-15-8-11(14)7-13/h1-4,11,15H,5-8,13-14H2. The van der Waals surface area contributed by atoms with Crippen LogP contribution in [0.2, 0.25) is 0 Å². The van der Waals surface area contributed by atoms with Gasteiger partial charge >= 0.3 is 0 Å². The van der Waals surface area contributed by atoms with Crippen molar-refractivity contribution in [2.75, 3.05) is 19.6 Å². The van der Waals surface area contributed by atoms with Crippen LogP contribution in [0.5, 0.6) is 0 Å². The Labute approximate surface area is 99.4 Å². The first-order chi connectivity index (χ1) is 7.22. The average Bonchev–Trinajstić information content (AvgIpc) is 2.26. The van der Waals surface area contributed by atoms with Gasteiger partial charge in [0.15, 0.2) is 0 Å². The molecule has 0 radical (unpaired) electrons. The fraction of sp³-hybridized carbons (Fsp3) is 0.455. The van der Waals surface area contributed by atoms with Gasteiger partial charge in [0.25, 0.3) is 0 Å². The zero-order chi connectivity index (χ0) is 11.1. The van der Waals surface area contributed by atoms with E-state index in [-0.39, 0.29) is 6.04 Å². The highest BCUT2D eigenvalue weighted by atomic mass is 79.9. The molecular weight excluding hydrogens is 254 g/mol. The summed E-state index contributed by atoms with van der Waals surface area (Å²) < 4.78 is 1.12. The van der Waals surface area contributed by atoms with Crippen molar-refractivity contribution in [3.05, 3.63) is 34.3 Å². The third-order valence-corrected chi connectivity index (χ3v) is 2.74. The van der Waals surface area contributed by atoms with Crippen molar-refractivity contribution in [2.45, 2.75) is 12.5 Å². The van der Waals surface area contributed by atoms with Gasteiger partial charge in [-0.15, -0.1) is 0 Å². The van der Waals surface area contributed by atoms with Gasteiger partial charge in [-0.3, -0.25) is 0 Å². The molecule has 4 heteroatoms. The minimum atomic E-state index is 0.0647. The molecule has 0 bridgehead atoms. The summed E-state index contributed by atoms with van der Waals surface area (Å²) in [5, 5.41) is 3.28. The molecular formula is C11H18BrN3. The predicted octanol–water partition coefficient (Wildman–Crippen LogP) is 0.867. The van der Waals surface area contributed by atoms with E-state index >= 15 is 0 Å². The van der Waals surface area contributed by atoms with Crippen LogP contribution in [0.1, 0.15) is 5.56 Å². The van der Waals surface area contributed by atoms with Gasteiger partial charge < -0.3 is 16.8 Å². The van der Waals surface area contributed by atoms with Crippen molar-refractivity contribution in [2.24, 2.45) is 11.5 Å². The van der Waals surface area contributed by atoms with Crippen molar-refractivity contribution in [1.29, 1.82) is 0 Å². The Hall–Kier alpha value is -0.420. The third-order valence-electron chi connectivity index (χ3n) is 2.21. The van der Waals surface area contributed by atoms with E-state index in [1.165, 1.54) is 5.56 Å². The molecule has 0 saturated heterocycles. The normalized spacial score (nSPS) is 12.7. The van der Waals surface area contributed by atoms with Gasteiger partial charge in [-0.05, 0) is 30.7 Å². The van der Waals surface area contributed by atoms with E-state index in [4.69, 9.17) is 11.5 Å². The lowest BCUT2D eigenvalue weighted by Crippen LogP contribution is -2.40. The van der Waals surface area contributed by atoms with E-state index in [0.717, 1.165) is 24.0 Å². The molecule has 0 aliphatic heterocycles. The molecule has 0 aromatic heterocycles. The summed E-state index contributed by atoms with van der Waals surface area (Å²) in [6.45, 7) is 2.26. The molecule has 1 unspecified atom stereocenters. The highest BCUT2D eigenvalue weighted by Gasteiger charge is 1.98. The highest BCUT2D eigenvalue weighted by Crippen LogP contribution is 2.10. The quantitative estimate of drug-likeness (QED) is 0.673. The van der Waals surface area contributed by atoms with Crippen LogP contribution >= 0.6 is 15.9 Å². The number of nitrogens with two attached hydrogens (primary N) is 2. The Morgan fingerprint density at radius 3 is 2.53 bits per heavy atom. The predicted molar refractivity (Wildman–Crippen MR) is 67.7 cm³/mol. The zero-order valence-electron chi connectivity index (χ0n) is 8.75. The number of benzene rings is 1. The Balaban J connectivity index is 2.17. The van der Waals surface area contributed by atoms with Crippen LogP contribution in [0.3, 0.4) is 0 Å². The van der Waals surface area contributed by atoms with Gasteiger partial charge in [-0.2, -0.15) is 0 Å². The summed E-state index contributed by atoms with van der Waals surface area (Å²) in [5.41, 5.74) is 12.4. The van der Waals surface area contributed by atoms with Crippen molar-refractivity contribution in [3.8, 4) is 0 Å². The molecule has 1 atom stereocenters. The SMILES string of the molecule is NCC(N)CNCCc1ccc(Br)cc1. The summed E-state index contributed by atoms with van der Waals surface area (Å²) in [7, 11) is 0. The summed E-state index contributed by atoms with van der Waals surface area (Å²) in [4.78, 5) is 0. The maximum Gasteiger partial charge on any atom is 0.0290 e. The van der Waals surface area contributed by atoms with Crippen molar-refractivity contribution in [3.63, 3.8) is 0 Å². The van der Waals surface area contributed by atoms with E-state index in [1.807, 2.05) is 0 Å². The van der Waals surface area contributed by atoms with E-state index in [0.29, 0.717) is 6.54 Å². The molecule has 3 nitrogen and oxygen atoms in total. The van der Waals surface area contributed by atoms with Crippen LogP contribution in [-0.4, -0.2) is 25.7 Å². The summed E-state index contributed by atoms with van der Waals surface area (Å²) >= 11 is 3.41. The summed E-state index contributed by atoms with van der Waals surface area (Å²) in [6.07, 6.45) is 1.02. The minimum absolute atomic E-state index is 0.0647. The molecule has 15 heavy (non-hydrogen) atoms. The molecule has 0 saturated carbocycles. The third kappa shape index (κ3) is 5.28. The van der Waals surface area contributed by atoms with E-state index in [1.54, 1.807) is 0 Å². The van der Waals surface area contributed by atoms with Crippen LogP contribution in [0, 0.1) is 0 Å². The van der Waals surface area contributed by atoms with Gasteiger partial charge in [-0.1, -0.05) is 28.1 Å². The van der Waals surface area contributed by atoms with E-state index in [2.05, 4.69) is 45.5 Å². The van der Waals surface area contributed by atoms with Gasteiger partial charge in [0.1, 0.15) is 0 Å². The van der Waals surface area contributed by atoms with Crippen LogP contribution in [0.25, 0.3) is 0 Å². The van der Waals surface area contributed by atoms with Crippen molar-refractivity contribution >= 4 is 15.9 Å². The molecule has 0 fully saturated rings. The lowest BCUT2D eigenvalue weighted by Gasteiger charge is -2.09. The summed E-state index contributed by atoms with van der Waals surface area (Å²) in [6, 6.07) is 8.42. The molecule has 0 spiro atoms. The van der Waals surface area contributed by atoms with Crippen molar-refractivity contribution in [1.82, 2.24) is 5.32 Å². The Morgan fingerprint density at radius 1 is 1.27 bits per heavy atom. The van der Waals surface area contributed by atoms with Crippen LogP contribution in [0.15, 0.2) is 28.7 Å². The van der Waals surface area contributed by atoms with Crippen LogP contribution in [-0.2, 0) is 6.42 Å². The second-order valence-electron chi connectivity index (χ2n) is 3.58. The smallest absolute Gasteiger partial charge is 0.0290 e. The van der Waals surface area contributed by atoms with Gasteiger partial charge in [0, 0.05) is 23.6 Å². The number of halogens is 1. The van der Waals surface area contributed by atoms with Gasteiger partial charge in [0.05, 0.1) is 0 Å². The fourth-order valence-electron chi connectivity index (χ4n) is 1.25. The van der Waals surface area contributed by atoms with E-state index in [9.17, 15) is 0 Å². The monoisotopic (exact) mass is 271 g/mol. The fourth-order valence-corrected chi connectivity index (χ4v) is 1.52. The number of hydrogen-bond donors (Lipinski definition) is 3. The number of rotatable bonds is 6. The Bertz CT molecular complexity index is 274. The topological polar surface area (TPSA) is 64.1 Å². The molecule has 84 valence electrons. The molecule has 0 aliphatic carbocycles. The number of nitrogens with one attached hydrogen (secondary N) is 1. The molecule has 0 heterocycles. The first-order valence-corrected chi connectivity index (χ1v) is 5.92. The lowest BCUT2D eigenvalue weighted by atomic mass is 10.1. The first-order valence-electron chi connectivity index (χ1n) is 5.13. The highest BCUT2D eigenvalue weighted by molar-refractivity contribution is 9.10. The zero-order valence-corrected chi connectivity index (χ0v) is 10.3. The van der Waals surface area contributed by atoms with Crippen LogP contribution < -0.4 is 16.8 Å². The Kier molecular flexibility index (Phi) is 5.86. The molecule has 1 aromatic rings. The molecule has 0 amide bonds. The average molecular weight is 272 g/mol. The second-order valence-corrected chi connectivity index (χ2v) is 4.49. The van der Waals surface area contributed by atoms with Gasteiger partial charge in [0.2, 0.25) is 0 Å². The second kappa shape index (κ2) is 6.95. The molecule has 1 aromatic carbocycles. The largest absolute Gasteiger partial charge is 0.329 e. The first kappa shape index (κ1) is 12.6. The molecule has 0 aliphatic rings. The van der Waals surface area contributed by atoms with Gasteiger partial charge in [-0.25, -0.2) is 0 Å². The van der Waals surface area contributed by atoms with E-state index < -0.39 is 0 Å². The maximum absolute atomic E-state index is 5.68. The minimum Gasteiger partial charge on any atom is -0.329 e.